The third kappa shape index (κ3) is 2.60. The zero-order chi connectivity index (χ0) is 22.9. The molecule has 0 atom stereocenters. The van der Waals surface area contributed by atoms with Gasteiger partial charge in [-0.2, -0.15) is 26.3 Å². The largest absolute Gasteiger partial charge is 0.411 e. The van der Waals surface area contributed by atoms with E-state index in [1.807, 2.05) is 0 Å². The number of benzene rings is 2. The maximum Gasteiger partial charge on any atom is 0.411 e. The Labute approximate surface area is 167 Å². The molecule has 0 N–H and O–H groups in total. The molecular formula is C19H6F6O6. The quantitative estimate of drug-likeness (QED) is 0.399. The van der Waals surface area contributed by atoms with Crippen molar-refractivity contribution in [1.82, 2.24) is 0 Å². The number of hydrogen-bond donors (Lipinski definition) is 0. The standard InChI is InChI=1S/C19H6F6O6/c20-18(21,22)17(19(23,24)25,7-4-5-8-10(6-7)15(28)30-13(8)26)11-3-1-2-9-12(11)16(29)31-14(9)27/h1-6H. The van der Waals surface area contributed by atoms with Crippen LogP contribution in [0, 0.1) is 0 Å². The van der Waals surface area contributed by atoms with Gasteiger partial charge in [0.15, 0.2) is 0 Å². The van der Waals surface area contributed by atoms with Crippen molar-refractivity contribution in [2.45, 2.75) is 17.8 Å². The van der Waals surface area contributed by atoms with E-state index in [1.165, 1.54) is 0 Å². The number of esters is 4. The molecular weight excluding hydrogens is 438 g/mol. The second kappa shape index (κ2) is 6.15. The Bertz CT molecular complexity index is 1180. The molecule has 0 bridgehead atoms. The molecule has 2 aliphatic heterocycles. The van der Waals surface area contributed by atoms with Gasteiger partial charge in [0.1, 0.15) is 0 Å². The van der Waals surface area contributed by atoms with Crippen LogP contribution in [0.15, 0.2) is 36.4 Å². The van der Waals surface area contributed by atoms with Gasteiger partial charge in [0, 0.05) is 0 Å². The van der Waals surface area contributed by atoms with Gasteiger partial charge in [0.25, 0.3) is 0 Å². The lowest BCUT2D eigenvalue weighted by Gasteiger charge is -2.39. The van der Waals surface area contributed by atoms with Crippen LogP contribution in [0.1, 0.15) is 52.6 Å². The SMILES string of the molecule is O=C1OC(=O)c2cc(C(c3cccc4c3C(=O)OC4=O)(C(F)(F)F)C(F)(F)F)ccc21. The van der Waals surface area contributed by atoms with E-state index in [4.69, 9.17) is 0 Å². The van der Waals surface area contributed by atoms with Crippen molar-refractivity contribution in [1.29, 1.82) is 0 Å². The number of fused-ring (bicyclic) bond motifs is 2. The van der Waals surface area contributed by atoms with Gasteiger partial charge in [-0.1, -0.05) is 18.2 Å². The summed E-state index contributed by atoms with van der Waals surface area (Å²) in [6, 6.07) is 3.19. The molecule has 2 heterocycles. The lowest BCUT2D eigenvalue weighted by Crippen LogP contribution is -2.55. The second-order valence-corrected chi connectivity index (χ2v) is 6.59. The Morgan fingerprint density at radius 1 is 0.613 bits per heavy atom. The molecule has 0 radical (unpaired) electrons. The van der Waals surface area contributed by atoms with E-state index in [-0.39, 0.29) is 6.07 Å². The summed E-state index contributed by atoms with van der Waals surface area (Å²) in [5, 5.41) is 0. The van der Waals surface area contributed by atoms with E-state index in [0.29, 0.717) is 18.2 Å². The summed E-state index contributed by atoms with van der Waals surface area (Å²) in [6.07, 6.45) is -12.2. The molecule has 0 aliphatic carbocycles. The Hall–Kier alpha value is -3.70. The third-order valence-electron chi connectivity index (χ3n) is 5.01. The number of cyclic esters (lactones) is 4. The maximum absolute atomic E-state index is 14.3. The van der Waals surface area contributed by atoms with Gasteiger partial charge in [-0.15, -0.1) is 0 Å². The fraction of sp³-hybridized carbons (Fsp3) is 0.158. The molecule has 0 saturated heterocycles. The molecule has 6 nitrogen and oxygen atoms in total. The van der Waals surface area contributed by atoms with Gasteiger partial charge >= 0.3 is 36.2 Å². The van der Waals surface area contributed by atoms with E-state index < -0.39 is 75.0 Å². The van der Waals surface area contributed by atoms with Crippen molar-refractivity contribution in [2.75, 3.05) is 0 Å². The topological polar surface area (TPSA) is 86.7 Å². The molecule has 12 heteroatoms. The van der Waals surface area contributed by atoms with E-state index in [1.54, 1.807) is 0 Å². The minimum Gasteiger partial charge on any atom is -0.386 e. The van der Waals surface area contributed by atoms with Crippen molar-refractivity contribution >= 4 is 23.9 Å². The van der Waals surface area contributed by atoms with Crippen LogP contribution >= 0.6 is 0 Å². The van der Waals surface area contributed by atoms with Crippen LogP contribution in [0.3, 0.4) is 0 Å². The second-order valence-electron chi connectivity index (χ2n) is 6.59. The van der Waals surface area contributed by atoms with Gasteiger partial charge in [0.05, 0.1) is 22.3 Å². The maximum atomic E-state index is 14.3. The summed E-state index contributed by atoms with van der Waals surface area (Å²) in [5.41, 5.74) is -11.2. The van der Waals surface area contributed by atoms with E-state index in [0.717, 1.165) is 12.1 Å². The van der Waals surface area contributed by atoms with Gasteiger partial charge in [-0.3, -0.25) is 0 Å². The van der Waals surface area contributed by atoms with Crippen LogP contribution in [0.2, 0.25) is 0 Å². The molecule has 0 fully saturated rings. The number of ether oxygens (including phenoxy) is 2. The van der Waals surface area contributed by atoms with Gasteiger partial charge in [-0.25, -0.2) is 19.2 Å². The highest BCUT2D eigenvalue weighted by molar-refractivity contribution is 6.16. The first-order valence-electron chi connectivity index (χ1n) is 8.25. The monoisotopic (exact) mass is 444 g/mol. The predicted octanol–water partition coefficient (Wildman–Crippen LogP) is 3.72. The zero-order valence-electron chi connectivity index (χ0n) is 14.7. The number of hydrogen-bond acceptors (Lipinski definition) is 6. The number of alkyl halides is 6. The molecule has 0 amide bonds. The Morgan fingerprint density at radius 2 is 1.16 bits per heavy atom. The highest BCUT2D eigenvalue weighted by Gasteiger charge is 2.74. The average Bonchev–Trinajstić information content (AvgIpc) is 3.09. The Balaban J connectivity index is 2.14. The summed E-state index contributed by atoms with van der Waals surface area (Å²) in [4.78, 5) is 47.0. The normalized spacial score (nSPS) is 16.2. The molecule has 4 rings (SSSR count). The predicted molar refractivity (Wildman–Crippen MR) is 85.3 cm³/mol. The fourth-order valence-electron chi connectivity index (χ4n) is 3.71. The van der Waals surface area contributed by atoms with Gasteiger partial charge in [-0.05, 0) is 29.3 Å². The van der Waals surface area contributed by atoms with E-state index >= 15 is 0 Å². The first-order valence-corrected chi connectivity index (χ1v) is 8.25. The minimum absolute atomic E-state index is 0.241. The van der Waals surface area contributed by atoms with Crippen LogP contribution < -0.4 is 0 Å². The summed E-state index contributed by atoms with van der Waals surface area (Å²) < 4.78 is 94.3. The lowest BCUT2D eigenvalue weighted by atomic mass is 9.70. The number of rotatable bonds is 2. The summed E-state index contributed by atoms with van der Waals surface area (Å²) in [6.45, 7) is 0. The first kappa shape index (κ1) is 20.6. The molecule has 2 aromatic rings. The molecule has 0 spiro atoms. The van der Waals surface area contributed by atoms with Crippen molar-refractivity contribution in [2.24, 2.45) is 0 Å². The third-order valence-corrected chi connectivity index (χ3v) is 5.01. The van der Waals surface area contributed by atoms with Crippen LogP contribution in [0.5, 0.6) is 0 Å². The summed E-state index contributed by atoms with van der Waals surface area (Å²) in [5.74, 6) is -5.73. The van der Waals surface area contributed by atoms with Crippen molar-refractivity contribution in [3.8, 4) is 0 Å². The highest BCUT2D eigenvalue weighted by Crippen LogP contribution is 2.57. The molecule has 2 aliphatic rings. The number of carbonyl (C=O) groups is 4. The molecule has 2 aromatic carbocycles. The van der Waals surface area contributed by atoms with Crippen molar-refractivity contribution in [3.63, 3.8) is 0 Å². The lowest BCUT2D eigenvalue weighted by molar-refractivity contribution is -0.288. The molecule has 31 heavy (non-hydrogen) atoms. The fourth-order valence-corrected chi connectivity index (χ4v) is 3.71. The van der Waals surface area contributed by atoms with Crippen molar-refractivity contribution < 1.29 is 55.0 Å². The van der Waals surface area contributed by atoms with Crippen LogP contribution in [0.4, 0.5) is 26.3 Å². The van der Waals surface area contributed by atoms with Crippen LogP contribution in [0.25, 0.3) is 0 Å². The first-order chi connectivity index (χ1) is 14.3. The number of carbonyl (C=O) groups excluding carboxylic acids is 4. The van der Waals surface area contributed by atoms with Crippen LogP contribution in [-0.4, -0.2) is 36.2 Å². The number of halogens is 6. The minimum atomic E-state index is -6.10. The van der Waals surface area contributed by atoms with E-state index in [2.05, 4.69) is 9.47 Å². The zero-order valence-corrected chi connectivity index (χ0v) is 14.7. The molecule has 0 aromatic heterocycles. The van der Waals surface area contributed by atoms with Crippen LogP contribution in [-0.2, 0) is 14.9 Å². The van der Waals surface area contributed by atoms with Crippen molar-refractivity contribution in [3.05, 3.63) is 69.8 Å². The molecule has 0 unspecified atom stereocenters. The molecule has 160 valence electrons. The van der Waals surface area contributed by atoms with E-state index in [9.17, 15) is 45.5 Å². The molecule has 0 saturated carbocycles. The van der Waals surface area contributed by atoms with Gasteiger partial charge in [0.2, 0.25) is 5.41 Å². The summed E-state index contributed by atoms with van der Waals surface area (Å²) in [7, 11) is 0. The van der Waals surface area contributed by atoms with Gasteiger partial charge < -0.3 is 9.47 Å². The summed E-state index contributed by atoms with van der Waals surface area (Å²) >= 11 is 0. The Morgan fingerprint density at radius 3 is 1.77 bits per heavy atom. The average molecular weight is 444 g/mol. The highest BCUT2D eigenvalue weighted by atomic mass is 19.4. The Kier molecular flexibility index (Phi) is 4.08. The smallest absolute Gasteiger partial charge is 0.386 e.